The number of carbonyl (C=O) groups excluding carboxylic acids is 1. The maximum absolute atomic E-state index is 12.7. The molecule has 0 saturated heterocycles. The third-order valence-electron chi connectivity index (χ3n) is 2.38. The average molecular weight is 260 g/mol. The Kier molecular flexibility index (Phi) is 5.15. The molecule has 0 aliphatic rings. The number of halogens is 3. The Morgan fingerprint density at radius 2 is 1.94 bits per heavy atom. The Bertz CT molecular complexity index is 405. The first-order valence-corrected chi connectivity index (χ1v) is 5.51. The topological polar surface area (TPSA) is 41.1 Å². The Morgan fingerprint density at radius 1 is 1.28 bits per heavy atom. The molecular formula is C12H15F3N2O. The van der Waals surface area contributed by atoms with Gasteiger partial charge in [0.25, 0.3) is 0 Å². The Labute approximate surface area is 103 Å². The van der Waals surface area contributed by atoms with Gasteiger partial charge in [0.1, 0.15) is 0 Å². The van der Waals surface area contributed by atoms with Crippen molar-refractivity contribution >= 4 is 5.91 Å². The molecule has 1 rings (SSSR count). The molecule has 0 bridgehead atoms. The van der Waals surface area contributed by atoms with Crippen LogP contribution in [0, 0.1) is 0 Å². The van der Waals surface area contributed by atoms with Crippen LogP contribution in [0.5, 0.6) is 0 Å². The zero-order valence-electron chi connectivity index (χ0n) is 9.97. The molecule has 0 saturated carbocycles. The fourth-order valence-electron chi connectivity index (χ4n) is 1.57. The summed E-state index contributed by atoms with van der Waals surface area (Å²) in [5.74, 6) is -0.234. The van der Waals surface area contributed by atoms with Gasteiger partial charge in [0, 0.05) is 6.54 Å². The van der Waals surface area contributed by atoms with E-state index in [1.807, 2.05) is 0 Å². The normalized spacial score (nSPS) is 11.3. The lowest BCUT2D eigenvalue weighted by molar-refractivity contribution is -0.138. The highest BCUT2D eigenvalue weighted by Crippen LogP contribution is 2.31. The molecular weight excluding hydrogens is 245 g/mol. The number of carbonyl (C=O) groups is 1. The molecule has 6 heteroatoms. The van der Waals surface area contributed by atoms with Crippen molar-refractivity contribution in [2.45, 2.75) is 12.6 Å². The summed E-state index contributed by atoms with van der Waals surface area (Å²) in [6.07, 6.45) is -4.20. The highest BCUT2D eigenvalue weighted by Gasteiger charge is 2.32. The summed E-state index contributed by atoms with van der Waals surface area (Å²) < 4.78 is 38.0. The number of nitrogens with one attached hydrogen (secondary N) is 2. The number of rotatable bonds is 5. The van der Waals surface area contributed by atoms with Crippen LogP contribution >= 0.6 is 0 Å². The van der Waals surface area contributed by atoms with Gasteiger partial charge in [-0.25, -0.2) is 0 Å². The van der Waals surface area contributed by atoms with Crippen LogP contribution in [0.4, 0.5) is 13.2 Å². The van der Waals surface area contributed by atoms with Gasteiger partial charge < -0.3 is 10.6 Å². The smallest absolute Gasteiger partial charge is 0.355 e. The standard InChI is InChI=1S/C12H15F3N2O/c1-16-8-11(18)17-7-6-9-4-2-3-5-10(9)12(13,14)15/h2-5,16H,6-8H2,1H3,(H,17,18). The highest BCUT2D eigenvalue weighted by atomic mass is 19.4. The molecule has 3 nitrogen and oxygen atoms in total. The zero-order chi connectivity index (χ0) is 13.6. The molecule has 0 aromatic heterocycles. The first-order valence-electron chi connectivity index (χ1n) is 5.51. The maximum Gasteiger partial charge on any atom is 0.416 e. The molecule has 0 aliphatic heterocycles. The third-order valence-corrected chi connectivity index (χ3v) is 2.38. The van der Waals surface area contributed by atoms with E-state index in [4.69, 9.17) is 0 Å². The van der Waals surface area contributed by atoms with Crippen LogP contribution < -0.4 is 10.6 Å². The predicted octanol–water partition coefficient (Wildman–Crippen LogP) is 1.58. The first-order chi connectivity index (χ1) is 8.45. The van der Waals surface area contributed by atoms with E-state index in [0.717, 1.165) is 6.07 Å². The largest absolute Gasteiger partial charge is 0.416 e. The summed E-state index contributed by atoms with van der Waals surface area (Å²) in [5, 5.41) is 5.20. The molecule has 0 atom stereocenters. The number of alkyl halides is 3. The van der Waals surface area contributed by atoms with Crippen LogP contribution in [0.2, 0.25) is 0 Å². The van der Waals surface area contributed by atoms with Gasteiger partial charge in [0.15, 0.2) is 0 Å². The third kappa shape index (κ3) is 4.37. The van der Waals surface area contributed by atoms with E-state index in [9.17, 15) is 18.0 Å². The van der Waals surface area contributed by atoms with Crippen molar-refractivity contribution in [2.75, 3.05) is 20.1 Å². The van der Waals surface area contributed by atoms with Crippen LogP contribution in [0.1, 0.15) is 11.1 Å². The average Bonchev–Trinajstić information content (AvgIpc) is 2.28. The molecule has 0 aliphatic carbocycles. The molecule has 100 valence electrons. The minimum atomic E-state index is -4.36. The van der Waals surface area contributed by atoms with Crippen molar-refractivity contribution in [1.29, 1.82) is 0 Å². The van der Waals surface area contributed by atoms with Gasteiger partial charge in [-0.15, -0.1) is 0 Å². The second-order valence-corrected chi connectivity index (χ2v) is 3.79. The molecule has 2 N–H and O–H groups in total. The number of amides is 1. The van der Waals surface area contributed by atoms with Gasteiger partial charge in [0.05, 0.1) is 12.1 Å². The van der Waals surface area contributed by atoms with Gasteiger partial charge in [-0.3, -0.25) is 4.79 Å². The van der Waals surface area contributed by atoms with E-state index in [2.05, 4.69) is 10.6 Å². The second-order valence-electron chi connectivity index (χ2n) is 3.79. The quantitative estimate of drug-likeness (QED) is 0.844. The summed E-state index contributed by atoms with van der Waals surface area (Å²) >= 11 is 0. The van der Waals surface area contributed by atoms with Crippen molar-refractivity contribution < 1.29 is 18.0 Å². The van der Waals surface area contributed by atoms with E-state index >= 15 is 0 Å². The second kappa shape index (κ2) is 6.39. The summed E-state index contributed by atoms with van der Waals surface area (Å²) in [4.78, 5) is 11.1. The lowest BCUT2D eigenvalue weighted by atomic mass is 10.0. The summed E-state index contributed by atoms with van der Waals surface area (Å²) in [6, 6.07) is 5.38. The van der Waals surface area contributed by atoms with Gasteiger partial charge in [-0.1, -0.05) is 18.2 Å². The number of likely N-dealkylation sites (N-methyl/N-ethyl adjacent to an activating group) is 1. The zero-order valence-corrected chi connectivity index (χ0v) is 9.97. The van der Waals surface area contributed by atoms with Crippen molar-refractivity contribution in [1.82, 2.24) is 10.6 Å². The SMILES string of the molecule is CNCC(=O)NCCc1ccccc1C(F)(F)F. The molecule has 0 fully saturated rings. The molecule has 0 unspecified atom stereocenters. The van der Waals surface area contributed by atoms with Crippen LogP contribution in [0.15, 0.2) is 24.3 Å². The molecule has 0 radical (unpaired) electrons. The maximum atomic E-state index is 12.7. The lowest BCUT2D eigenvalue weighted by Crippen LogP contribution is -2.33. The van der Waals surface area contributed by atoms with Crippen molar-refractivity contribution in [3.05, 3.63) is 35.4 Å². The number of benzene rings is 1. The van der Waals surface area contributed by atoms with Gasteiger partial charge in [-0.05, 0) is 25.1 Å². The number of hydrogen-bond acceptors (Lipinski definition) is 2. The Morgan fingerprint density at radius 3 is 2.56 bits per heavy atom. The van der Waals surface area contributed by atoms with Crippen LogP contribution in [0.25, 0.3) is 0 Å². The summed E-state index contributed by atoms with van der Waals surface area (Å²) in [7, 11) is 1.62. The molecule has 1 aromatic carbocycles. The van der Waals surface area contributed by atoms with Gasteiger partial charge >= 0.3 is 6.18 Å². The Hall–Kier alpha value is -1.56. The van der Waals surface area contributed by atoms with Crippen molar-refractivity contribution in [2.24, 2.45) is 0 Å². The minimum absolute atomic E-state index is 0.154. The van der Waals surface area contributed by atoms with E-state index in [-0.39, 0.29) is 31.0 Å². The van der Waals surface area contributed by atoms with Crippen molar-refractivity contribution in [3.63, 3.8) is 0 Å². The molecule has 18 heavy (non-hydrogen) atoms. The fraction of sp³-hybridized carbons (Fsp3) is 0.417. The van der Waals surface area contributed by atoms with E-state index in [1.54, 1.807) is 13.1 Å². The summed E-state index contributed by atoms with van der Waals surface area (Å²) in [5.41, 5.74) is -0.456. The lowest BCUT2D eigenvalue weighted by Gasteiger charge is -2.12. The minimum Gasteiger partial charge on any atom is -0.355 e. The first kappa shape index (κ1) is 14.5. The predicted molar refractivity (Wildman–Crippen MR) is 62.1 cm³/mol. The monoisotopic (exact) mass is 260 g/mol. The highest BCUT2D eigenvalue weighted by molar-refractivity contribution is 5.77. The van der Waals surface area contributed by atoms with Crippen LogP contribution in [0.3, 0.4) is 0 Å². The van der Waals surface area contributed by atoms with Gasteiger partial charge in [0.2, 0.25) is 5.91 Å². The number of hydrogen-bond donors (Lipinski definition) is 2. The molecule has 0 heterocycles. The molecule has 0 spiro atoms. The van der Waals surface area contributed by atoms with Gasteiger partial charge in [-0.2, -0.15) is 13.2 Å². The van der Waals surface area contributed by atoms with E-state index < -0.39 is 11.7 Å². The van der Waals surface area contributed by atoms with Crippen LogP contribution in [-0.4, -0.2) is 26.0 Å². The van der Waals surface area contributed by atoms with E-state index in [1.165, 1.54) is 12.1 Å². The summed E-state index contributed by atoms with van der Waals surface area (Å²) in [6.45, 7) is 0.342. The Balaban J connectivity index is 2.60. The van der Waals surface area contributed by atoms with E-state index in [0.29, 0.717) is 0 Å². The molecule has 1 amide bonds. The van der Waals surface area contributed by atoms with Crippen LogP contribution in [-0.2, 0) is 17.4 Å². The van der Waals surface area contributed by atoms with Crippen molar-refractivity contribution in [3.8, 4) is 0 Å². The fourth-order valence-corrected chi connectivity index (χ4v) is 1.57. The molecule has 1 aromatic rings.